The Morgan fingerprint density at radius 2 is 1.61 bits per heavy atom. The maximum atomic E-state index is 13.2. The Hall–Kier alpha value is -3.76. The second-order valence-electron chi connectivity index (χ2n) is 7.31. The Bertz CT molecular complexity index is 1280. The van der Waals surface area contributed by atoms with Crippen LogP contribution in [-0.4, -0.2) is 45.7 Å². The fourth-order valence-corrected chi connectivity index (χ4v) is 4.68. The second kappa shape index (κ2) is 11.8. The zero-order valence-electron chi connectivity index (χ0n) is 20.3. The first-order valence-corrected chi connectivity index (χ1v) is 11.9. The highest BCUT2D eigenvalue weighted by Gasteiger charge is 2.27. The molecule has 0 aliphatic heterocycles. The van der Waals surface area contributed by atoms with Gasteiger partial charge in [-0.1, -0.05) is 17.7 Å². The molecular formula is C25H25ClN2O7S. The van der Waals surface area contributed by atoms with E-state index >= 15 is 0 Å². The van der Waals surface area contributed by atoms with Crippen molar-refractivity contribution in [3.63, 3.8) is 0 Å². The number of anilines is 2. The van der Waals surface area contributed by atoms with E-state index < -0.39 is 17.8 Å². The fraction of sp³-hybridized carbons (Fsp3) is 0.240. The first-order valence-electron chi connectivity index (χ1n) is 10.7. The number of esters is 1. The third-order valence-corrected chi connectivity index (χ3v) is 6.51. The lowest BCUT2D eigenvalue weighted by molar-refractivity contribution is 0.0527. The van der Waals surface area contributed by atoms with E-state index in [9.17, 15) is 14.4 Å². The normalized spacial score (nSPS) is 10.4. The largest absolute Gasteiger partial charge is 0.493 e. The molecule has 1 heterocycles. The van der Waals surface area contributed by atoms with Crippen LogP contribution in [0, 0.1) is 6.92 Å². The summed E-state index contributed by atoms with van der Waals surface area (Å²) < 4.78 is 21.1. The molecule has 0 atom stereocenters. The summed E-state index contributed by atoms with van der Waals surface area (Å²) in [6.45, 7) is 3.41. The predicted molar refractivity (Wildman–Crippen MR) is 138 cm³/mol. The maximum Gasteiger partial charge on any atom is 0.341 e. The highest BCUT2D eigenvalue weighted by Crippen LogP contribution is 2.39. The molecular weight excluding hydrogens is 508 g/mol. The van der Waals surface area contributed by atoms with Crippen molar-refractivity contribution in [3.8, 4) is 17.2 Å². The SMILES string of the molecule is CCOC(=O)c1c(NC(=O)c2cc(OC)c(OC)c(OC)c2)sc(C(=O)Nc2cccc(Cl)c2)c1C. The van der Waals surface area contributed by atoms with Crippen LogP contribution in [0.2, 0.25) is 5.02 Å². The summed E-state index contributed by atoms with van der Waals surface area (Å²) in [4.78, 5) is 39.2. The minimum absolute atomic E-state index is 0.0962. The highest BCUT2D eigenvalue weighted by molar-refractivity contribution is 7.19. The molecule has 0 unspecified atom stereocenters. The average molecular weight is 533 g/mol. The smallest absolute Gasteiger partial charge is 0.341 e. The first-order chi connectivity index (χ1) is 17.2. The van der Waals surface area contributed by atoms with Crippen molar-refractivity contribution in [2.24, 2.45) is 0 Å². The van der Waals surface area contributed by atoms with Crippen molar-refractivity contribution in [1.82, 2.24) is 0 Å². The van der Waals surface area contributed by atoms with Crippen molar-refractivity contribution >= 4 is 51.4 Å². The lowest BCUT2D eigenvalue weighted by Gasteiger charge is -2.14. The summed E-state index contributed by atoms with van der Waals surface area (Å²) >= 11 is 6.96. The molecule has 0 bridgehead atoms. The standard InChI is InChI=1S/C25H25ClN2O7S/c1-6-35-25(31)19-13(2)21(23(30)27-16-9-7-8-15(26)12-16)36-24(19)28-22(29)14-10-17(32-3)20(34-5)18(11-14)33-4/h7-12H,6H2,1-5H3,(H,27,30)(H,28,29). The molecule has 0 spiro atoms. The molecule has 3 rings (SSSR count). The minimum atomic E-state index is -0.659. The van der Waals surface area contributed by atoms with Gasteiger partial charge in [-0.3, -0.25) is 9.59 Å². The number of ether oxygens (including phenoxy) is 4. The molecule has 11 heteroatoms. The van der Waals surface area contributed by atoms with E-state index in [2.05, 4.69) is 10.6 Å². The van der Waals surface area contributed by atoms with Gasteiger partial charge in [0, 0.05) is 16.3 Å². The Kier molecular flexibility index (Phi) is 8.78. The molecule has 0 saturated carbocycles. The van der Waals surface area contributed by atoms with Crippen molar-refractivity contribution < 1.29 is 33.3 Å². The number of benzene rings is 2. The number of hydrogen-bond donors (Lipinski definition) is 2. The fourth-order valence-electron chi connectivity index (χ4n) is 3.41. The van der Waals surface area contributed by atoms with E-state index in [4.69, 9.17) is 30.5 Å². The van der Waals surface area contributed by atoms with E-state index in [0.29, 0.717) is 22.0 Å². The van der Waals surface area contributed by atoms with Gasteiger partial charge in [0.05, 0.1) is 38.4 Å². The zero-order valence-corrected chi connectivity index (χ0v) is 21.9. The van der Waals surface area contributed by atoms with Crippen LogP contribution in [0.1, 0.15) is 42.9 Å². The molecule has 190 valence electrons. The van der Waals surface area contributed by atoms with Gasteiger partial charge in [0.15, 0.2) is 11.5 Å². The molecule has 0 aliphatic rings. The molecule has 9 nitrogen and oxygen atoms in total. The second-order valence-corrected chi connectivity index (χ2v) is 8.77. The van der Waals surface area contributed by atoms with Crippen molar-refractivity contribution in [2.75, 3.05) is 38.6 Å². The molecule has 2 amide bonds. The predicted octanol–water partition coefficient (Wildman–Crippen LogP) is 5.42. The van der Waals surface area contributed by atoms with E-state index in [-0.39, 0.29) is 39.1 Å². The van der Waals surface area contributed by atoms with E-state index in [0.717, 1.165) is 11.3 Å². The van der Waals surface area contributed by atoms with Crippen molar-refractivity contribution in [3.05, 3.63) is 63.0 Å². The van der Waals surface area contributed by atoms with Gasteiger partial charge < -0.3 is 29.6 Å². The van der Waals surface area contributed by atoms with E-state index in [1.807, 2.05) is 0 Å². The first kappa shape index (κ1) is 26.8. The molecule has 0 radical (unpaired) electrons. The van der Waals surface area contributed by atoms with Gasteiger partial charge >= 0.3 is 5.97 Å². The summed E-state index contributed by atoms with van der Waals surface area (Å²) in [5.41, 5.74) is 1.15. The molecule has 1 aromatic heterocycles. The van der Waals surface area contributed by atoms with Crippen LogP contribution in [0.4, 0.5) is 10.7 Å². The summed E-state index contributed by atoms with van der Waals surface area (Å²) in [7, 11) is 4.33. The number of carbonyl (C=O) groups excluding carboxylic acids is 3. The average Bonchev–Trinajstić information content (AvgIpc) is 3.18. The van der Waals surface area contributed by atoms with Gasteiger partial charge in [-0.25, -0.2) is 4.79 Å². The molecule has 2 N–H and O–H groups in total. The van der Waals surface area contributed by atoms with E-state index in [1.165, 1.54) is 33.5 Å². The Balaban J connectivity index is 1.99. The van der Waals surface area contributed by atoms with Gasteiger partial charge in [0.1, 0.15) is 5.00 Å². The van der Waals surface area contributed by atoms with Gasteiger partial charge in [-0.15, -0.1) is 11.3 Å². The number of carbonyl (C=O) groups is 3. The van der Waals surface area contributed by atoms with Crippen LogP contribution < -0.4 is 24.8 Å². The number of halogens is 1. The zero-order chi connectivity index (χ0) is 26.4. The maximum absolute atomic E-state index is 13.2. The van der Waals surface area contributed by atoms with Gasteiger partial charge in [-0.05, 0) is 49.7 Å². The molecule has 0 fully saturated rings. The van der Waals surface area contributed by atoms with Crippen LogP contribution in [0.5, 0.6) is 17.2 Å². The highest BCUT2D eigenvalue weighted by atomic mass is 35.5. The number of amides is 2. The third kappa shape index (κ3) is 5.72. The summed E-state index contributed by atoms with van der Waals surface area (Å²) in [6.07, 6.45) is 0. The molecule has 2 aromatic carbocycles. The van der Waals surface area contributed by atoms with Crippen LogP contribution >= 0.6 is 22.9 Å². The minimum Gasteiger partial charge on any atom is -0.493 e. The molecule has 0 saturated heterocycles. The molecule has 3 aromatic rings. The lowest BCUT2D eigenvalue weighted by atomic mass is 10.1. The van der Waals surface area contributed by atoms with Crippen LogP contribution in [0.15, 0.2) is 36.4 Å². The number of thiophene rings is 1. The topological polar surface area (TPSA) is 112 Å². The van der Waals surface area contributed by atoms with Crippen molar-refractivity contribution in [1.29, 1.82) is 0 Å². The van der Waals surface area contributed by atoms with Gasteiger partial charge in [0.25, 0.3) is 11.8 Å². The summed E-state index contributed by atoms with van der Waals surface area (Å²) in [5.74, 6) is -0.765. The Labute approximate surface area is 217 Å². The summed E-state index contributed by atoms with van der Waals surface area (Å²) in [5, 5.41) is 6.10. The molecule has 36 heavy (non-hydrogen) atoms. The third-order valence-electron chi connectivity index (χ3n) is 5.07. The lowest BCUT2D eigenvalue weighted by Crippen LogP contribution is -2.15. The van der Waals surface area contributed by atoms with E-state index in [1.54, 1.807) is 38.1 Å². The number of hydrogen-bond acceptors (Lipinski definition) is 8. The van der Waals surface area contributed by atoms with Gasteiger partial charge in [0.2, 0.25) is 5.75 Å². The summed E-state index contributed by atoms with van der Waals surface area (Å²) in [6, 6.07) is 9.63. The number of rotatable bonds is 9. The van der Waals surface area contributed by atoms with Crippen molar-refractivity contribution in [2.45, 2.75) is 13.8 Å². The van der Waals surface area contributed by atoms with Crippen LogP contribution in [0.3, 0.4) is 0 Å². The van der Waals surface area contributed by atoms with Gasteiger partial charge in [-0.2, -0.15) is 0 Å². The molecule has 0 aliphatic carbocycles. The Morgan fingerprint density at radius 1 is 0.944 bits per heavy atom. The quantitative estimate of drug-likeness (QED) is 0.354. The Morgan fingerprint density at radius 3 is 2.17 bits per heavy atom. The van der Waals surface area contributed by atoms with Crippen LogP contribution in [-0.2, 0) is 4.74 Å². The number of methoxy groups -OCH3 is 3. The number of nitrogens with one attached hydrogen (secondary N) is 2. The monoisotopic (exact) mass is 532 g/mol. The van der Waals surface area contributed by atoms with Crippen LogP contribution in [0.25, 0.3) is 0 Å².